The van der Waals surface area contributed by atoms with Gasteiger partial charge in [-0.3, -0.25) is 0 Å². The molecule has 2 heterocycles. The topological polar surface area (TPSA) is 107 Å². The third-order valence-corrected chi connectivity index (χ3v) is 3.76. The highest BCUT2D eigenvalue weighted by Gasteiger charge is 2.32. The van der Waals surface area contributed by atoms with Gasteiger partial charge < -0.3 is 24.5 Å². The van der Waals surface area contributed by atoms with Crippen molar-refractivity contribution in [3.63, 3.8) is 0 Å². The van der Waals surface area contributed by atoms with Gasteiger partial charge in [-0.25, -0.2) is 14.4 Å². The van der Waals surface area contributed by atoms with Gasteiger partial charge in [-0.2, -0.15) is 0 Å². The average molecular weight is 350 g/mol. The highest BCUT2D eigenvalue weighted by Crippen LogP contribution is 2.19. The Labute approximate surface area is 145 Å². The summed E-state index contributed by atoms with van der Waals surface area (Å²) in [6.45, 7) is 6.86. The molecule has 0 radical (unpaired) electrons. The summed E-state index contributed by atoms with van der Waals surface area (Å²) in [7, 11) is 0. The summed E-state index contributed by atoms with van der Waals surface area (Å²) in [5.74, 6) is -0.103. The number of urea groups is 1. The molecule has 0 saturated heterocycles. The second-order valence-electron chi connectivity index (χ2n) is 5.58. The second kappa shape index (κ2) is 7.87. The van der Waals surface area contributed by atoms with Crippen LogP contribution in [0, 0.1) is 13.8 Å². The summed E-state index contributed by atoms with van der Waals surface area (Å²) in [5, 5.41) is 5.18. The number of nitrogens with one attached hydrogen (secondary N) is 2. The van der Waals surface area contributed by atoms with E-state index in [0.29, 0.717) is 23.5 Å². The lowest BCUT2D eigenvalue weighted by Crippen LogP contribution is -2.51. The van der Waals surface area contributed by atoms with Gasteiger partial charge in [0, 0.05) is 0 Å². The molecule has 1 aliphatic heterocycles. The number of hydrogen-bond acceptors (Lipinski definition) is 6. The number of hydrogen-bond donors (Lipinski definition) is 2. The van der Waals surface area contributed by atoms with Gasteiger partial charge in [0.2, 0.25) is 0 Å². The fraction of sp³-hybridized carbons (Fsp3) is 0.471. The van der Waals surface area contributed by atoms with Crippen LogP contribution in [-0.2, 0) is 14.3 Å². The zero-order valence-electron chi connectivity index (χ0n) is 14.7. The molecule has 8 nitrogen and oxygen atoms in total. The minimum absolute atomic E-state index is 0.202. The first kappa shape index (κ1) is 18.6. The minimum atomic E-state index is -0.592. The Morgan fingerprint density at radius 2 is 1.92 bits per heavy atom. The zero-order chi connectivity index (χ0) is 18.6. The van der Waals surface area contributed by atoms with Gasteiger partial charge in [0.25, 0.3) is 0 Å². The van der Waals surface area contributed by atoms with Crippen LogP contribution in [0.15, 0.2) is 21.8 Å². The summed E-state index contributed by atoms with van der Waals surface area (Å²) < 4.78 is 15.6. The summed E-state index contributed by atoms with van der Waals surface area (Å²) in [5.41, 5.74) is 0.792. The predicted octanol–water partition coefficient (Wildman–Crippen LogP) is 1.96. The van der Waals surface area contributed by atoms with Crippen LogP contribution < -0.4 is 10.6 Å². The third kappa shape index (κ3) is 4.20. The molecule has 2 rings (SSSR count). The van der Waals surface area contributed by atoms with Gasteiger partial charge in [-0.05, 0) is 33.3 Å². The van der Waals surface area contributed by atoms with Crippen LogP contribution in [0.2, 0.25) is 0 Å². The quantitative estimate of drug-likeness (QED) is 0.760. The van der Waals surface area contributed by atoms with E-state index in [0.717, 1.165) is 0 Å². The smallest absolute Gasteiger partial charge is 0.342 e. The molecule has 2 N–H and O–H groups in total. The zero-order valence-corrected chi connectivity index (χ0v) is 14.7. The number of amides is 2. The van der Waals surface area contributed by atoms with E-state index >= 15 is 0 Å². The van der Waals surface area contributed by atoms with Crippen molar-refractivity contribution in [2.24, 2.45) is 0 Å². The molecule has 0 spiro atoms. The Kier molecular flexibility index (Phi) is 5.84. The standard InChI is InChI=1S/C17H22N2O6/c1-5-12-14(16(21)23-6-2)13(19-17(22)18-12)8-24-15(20)11-7-9(3)25-10(11)4/h7,12H,5-6,8H2,1-4H3,(H2,18,19,22)/t12-/m0/s1. The van der Waals surface area contributed by atoms with Crippen LogP contribution in [0.25, 0.3) is 0 Å². The first-order chi connectivity index (χ1) is 11.9. The predicted molar refractivity (Wildman–Crippen MR) is 87.9 cm³/mol. The van der Waals surface area contributed by atoms with E-state index in [9.17, 15) is 14.4 Å². The number of aryl methyl sites for hydroxylation is 2. The Morgan fingerprint density at radius 3 is 2.48 bits per heavy atom. The molecule has 2 amide bonds. The van der Waals surface area contributed by atoms with Crippen LogP contribution in [0.1, 0.15) is 42.1 Å². The van der Waals surface area contributed by atoms with Gasteiger partial charge in [-0.15, -0.1) is 0 Å². The van der Waals surface area contributed by atoms with Gasteiger partial charge >= 0.3 is 18.0 Å². The first-order valence-corrected chi connectivity index (χ1v) is 8.09. The Bertz CT molecular complexity index is 719. The maximum atomic E-state index is 12.2. The van der Waals surface area contributed by atoms with Crippen molar-refractivity contribution in [3.05, 3.63) is 34.4 Å². The third-order valence-electron chi connectivity index (χ3n) is 3.76. The van der Waals surface area contributed by atoms with Gasteiger partial charge in [0.05, 0.1) is 23.9 Å². The Balaban J connectivity index is 2.22. The highest BCUT2D eigenvalue weighted by molar-refractivity contribution is 5.95. The molecular formula is C17H22N2O6. The molecule has 25 heavy (non-hydrogen) atoms. The normalized spacial score (nSPS) is 17.0. The maximum absolute atomic E-state index is 12.2. The molecule has 0 unspecified atom stereocenters. The minimum Gasteiger partial charge on any atom is -0.466 e. The van der Waals surface area contributed by atoms with Crippen molar-refractivity contribution < 1.29 is 28.3 Å². The van der Waals surface area contributed by atoms with Gasteiger partial charge in [0.15, 0.2) is 0 Å². The van der Waals surface area contributed by atoms with Crippen molar-refractivity contribution in [2.45, 2.75) is 40.2 Å². The SMILES string of the molecule is CCOC(=O)C1=C(COC(=O)c2cc(C)oc2C)NC(=O)N[C@H]1CC. The lowest BCUT2D eigenvalue weighted by atomic mass is 10.0. The number of furan rings is 1. The molecule has 0 fully saturated rings. The maximum Gasteiger partial charge on any atom is 0.342 e. The fourth-order valence-corrected chi connectivity index (χ4v) is 2.62. The van der Waals surface area contributed by atoms with Crippen LogP contribution in [0.5, 0.6) is 0 Å². The van der Waals surface area contributed by atoms with Crippen LogP contribution in [0.4, 0.5) is 4.79 Å². The van der Waals surface area contributed by atoms with E-state index < -0.39 is 24.0 Å². The molecule has 1 aromatic heterocycles. The van der Waals surface area contributed by atoms with E-state index in [2.05, 4.69) is 10.6 Å². The molecule has 0 aliphatic carbocycles. The monoisotopic (exact) mass is 350 g/mol. The van der Waals surface area contributed by atoms with Crippen LogP contribution in [0.3, 0.4) is 0 Å². The molecule has 8 heteroatoms. The fourth-order valence-electron chi connectivity index (χ4n) is 2.62. The molecule has 136 valence electrons. The van der Waals surface area contributed by atoms with Crippen molar-refractivity contribution in [1.82, 2.24) is 10.6 Å². The second-order valence-corrected chi connectivity index (χ2v) is 5.58. The summed E-state index contributed by atoms with van der Waals surface area (Å²) in [6, 6.07) is 0.620. The summed E-state index contributed by atoms with van der Waals surface area (Å²) >= 11 is 0. The molecule has 0 aromatic carbocycles. The van der Waals surface area contributed by atoms with Crippen molar-refractivity contribution in [2.75, 3.05) is 13.2 Å². The van der Waals surface area contributed by atoms with E-state index in [1.807, 2.05) is 6.92 Å². The largest absolute Gasteiger partial charge is 0.466 e. The van der Waals surface area contributed by atoms with E-state index in [1.165, 1.54) is 0 Å². The van der Waals surface area contributed by atoms with Crippen molar-refractivity contribution in [1.29, 1.82) is 0 Å². The van der Waals surface area contributed by atoms with Gasteiger partial charge in [0.1, 0.15) is 23.7 Å². The van der Waals surface area contributed by atoms with Crippen molar-refractivity contribution in [3.8, 4) is 0 Å². The number of rotatable bonds is 6. The number of carbonyl (C=O) groups is 3. The number of carbonyl (C=O) groups excluding carboxylic acids is 3. The molecule has 1 aliphatic rings. The number of esters is 2. The number of ether oxygens (including phenoxy) is 2. The van der Waals surface area contributed by atoms with E-state index in [1.54, 1.807) is 26.8 Å². The molecule has 0 bridgehead atoms. The molecule has 1 aromatic rings. The Morgan fingerprint density at radius 1 is 1.20 bits per heavy atom. The first-order valence-electron chi connectivity index (χ1n) is 8.09. The average Bonchev–Trinajstić information content (AvgIpc) is 2.90. The molecule has 1 atom stereocenters. The van der Waals surface area contributed by atoms with Gasteiger partial charge in [-0.1, -0.05) is 6.92 Å². The van der Waals surface area contributed by atoms with Crippen LogP contribution in [-0.4, -0.2) is 37.2 Å². The van der Waals surface area contributed by atoms with Crippen LogP contribution >= 0.6 is 0 Å². The molecular weight excluding hydrogens is 328 g/mol. The lowest BCUT2D eigenvalue weighted by Gasteiger charge is -2.28. The van der Waals surface area contributed by atoms with E-state index in [4.69, 9.17) is 13.9 Å². The highest BCUT2D eigenvalue weighted by atomic mass is 16.5. The lowest BCUT2D eigenvalue weighted by molar-refractivity contribution is -0.139. The van der Waals surface area contributed by atoms with Crippen molar-refractivity contribution >= 4 is 18.0 Å². The summed E-state index contributed by atoms with van der Waals surface area (Å²) in [4.78, 5) is 36.2. The summed E-state index contributed by atoms with van der Waals surface area (Å²) in [6.07, 6.45) is 0.499. The Hall–Kier alpha value is -2.77. The van der Waals surface area contributed by atoms with E-state index in [-0.39, 0.29) is 24.5 Å². The molecule has 0 saturated carbocycles.